The van der Waals surface area contributed by atoms with Gasteiger partial charge < -0.3 is 19.9 Å². The van der Waals surface area contributed by atoms with E-state index < -0.39 is 6.36 Å². The minimum atomic E-state index is -4.75. The van der Waals surface area contributed by atoms with Gasteiger partial charge in [-0.3, -0.25) is 0 Å². The molecule has 0 fully saturated rings. The minimum absolute atomic E-state index is 0. The van der Waals surface area contributed by atoms with E-state index in [1.54, 1.807) is 13.0 Å². The fourth-order valence-corrected chi connectivity index (χ4v) is 2.09. The molecule has 2 N–H and O–H groups in total. The summed E-state index contributed by atoms with van der Waals surface area (Å²) in [6.07, 6.45) is -4.25. The molecule has 1 heterocycles. The van der Waals surface area contributed by atoms with Crippen molar-refractivity contribution in [2.75, 3.05) is 13.1 Å². The van der Waals surface area contributed by atoms with Crippen molar-refractivity contribution in [1.82, 2.24) is 20.8 Å². The standard InChI is InChI=1S/C16H20F3N5O2.HI/c1-3-20-15(21-9-8-14-23-11(2)24-26-14)22-10-12-6-4-5-7-13(12)25-16(17,18)19;/h4-7H,3,8-10H2,1-2H3,(H2,20,21,22);1H. The number of nitrogens with zero attached hydrogens (tertiary/aromatic N) is 3. The number of rotatable bonds is 7. The fraction of sp³-hybridized carbons (Fsp3) is 0.438. The Morgan fingerprint density at radius 1 is 1.26 bits per heavy atom. The Hall–Kier alpha value is -2.05. The molecule has 0 aliphatic heterocycles. The van der Waals surface area contributed by atoms with Gasteiger partial charge in [0.05, 0.1) is 6.54 Å². The van der Waals surface area contributed by atoms with Gasteiger partial charge in [0.15, 0.2) is 11.8 Å². The average Bonchev–Trinajstić information content (AvgIpc) is 2.98. The maximum atomic E-state index is 12.5. The topological polar surface area (TPSA) is 84.6 Å². The summed E-state index contributed by atoms with van der Waals surface area (Å²) in [5.41, 5.74) is 0.328. The number of ether oxygens (including phenoxy) is 1. The van der Waals surface area contributed by atoms with Crippen molar-refractivity contribution in [2.45, 2.75) is 33.2 Å². The van der Waals surface area contributed by atoms with Gasteiger partial charge in [-0.1, -0.05) is 23.4 Å². The van der Waals surface area contributed by atoms with Crippen LogP contribution in [0, 0.1) is 6.92 Å². The van der Waals surface area contributed by atoms with Gasteiger partial charge in [0.2, 0.25) is 5.89 Å². The van der Waals surface area contributed by atoms with Crippen LogP contribution >= 0.6 is 24.0 Å². The molecular weight excluding hydrogens is 478 g/mol. The van der Waals surface area contributed by atoms with Crippen LogP contribution in [0.2, 0.25) is 0 Å². The van der Waals surface area contributed by atoms with Crippen LogP contribution in [0.25, 0.3) is 0 Å². The molecular formula is C16H21F3IN5O2. The number of aryl methyl sites for hydroxylation is 1. The molecule has 0 saturated carbocycles. The van der Waals surface area contributed by atoms with Crippen LogP contribution in [0.15, 0.2) is 33.8 Å². The number of nitrogens with one attached hydrogen (secondary N) is 2. The molecule has 0 saturated heterocycles. The number of hydrogen-bond acceptors (Lipinski definition) is 5. The molecule has 1 aromatic carbocycles. The Balaban J connectivity index is 0.00000364. The molecule has 2 aromatic rings. The predicted molar refractivity (Wildman–Crippen MR) is 104 cm³/mol. The van der Waals surface area contributed by atoms with Crippen LogP contribution in [-0.4, -0.2) is 35.6 Å². The second kappa shape index (κ2) is 10.9. The van der Waals surface area contributed by atoms with Crippen molar-refractivity contribution in [2.24, 2.45) is 4.99 Å². The van der Waals surface area contributed by atoms with Crippen LogP contribution in [-0.2, 0) is 13.0 Å². The zero-order valence-corrected chi connectivity index (χ0v) is 17.2. The Labute approximate surface area is 171 Å². The van der Waals surface area contributed by atoms with E-state index in [2.05, 4.69) is 30.5 Å². The highest BCUT2D eigenvalue weighted by molar-refractivity contribution is 14.0. The van der Waals surface area contributed by atoms with Crippen LogP contribution in [0.1, 0.15) is 24.2 Å². The molecule has 2 rings (SSSR count). The lowest BCUT2D eigenvalue weighted by atomic mass is 10.2. The zero-order valence-electron chi connectivity index (χ0n) is 14.8. The first-order chi connectivity index (χ1) is 12.4. The molecule has 0 unspecified atom stereocenters. The SMILES string of the molecule is CCNC(=NCc1ccccc1OC(F)(F)F)NCCc1nc(C)no1.I. The third kappa shape index (κ3) is 8.45. The molecule has 0 aliphatic rings. The van der Waals surface area contributed by atoms with Crippen molar-refractivity contribution in [3.05, 3.63) is 41.5 Å². The van der Waals surface area contributed by atoms with E-state index in [-0.39, 0.29) is 36.3 Å². The molecule has 0 aliphatic carbocycles. The summed E-state index contributed by atoms with van der Waals surface area (Å²) in [4.78, 5) is 8.38. The Kier molecular flexibility index (Phi) is 9.32. The van der Waals surface area contributed by atoms with Gasteiger partial charge in [0.25, 0.3) is 0 Å². The van der Waals surface area contributed by atoms with Crippen LogP contribution in [0.5, 0.6) is 5.75 Å². The number of aliphatic imine (C=N–C) groups is 1. The van der Waals surface area contributed by atoms with E-state index in [0.717, 1.165) is 0 Å². The molecule has 11 heteroatoms. The summed E-state index contributed by atoms with van der Waals surface area (Å²) >= 11 is 0. The van der Waals surface area contributed by atoms with Crippen molar-refractivity contribution < 1.29 is 22.4 Å². The quantitative estimate of drug-likeness (QED) is 0.346. The van der Waals surface area contributed by atoms with Gasteiger partial charge >= 0.3 is 6.36 Å². The Morgan fingerprint density at radius 3 is 2.63 bits per heavy atom. The summed E-state index contributed by atoms with van der Waals surface area (Å²) in [5.74, 6) is 1.25. The van der Waals surface area contributed by atoms with Crippen molar-refractivity contribution in [3.8, 4) is 5.75 Å². The fourth-order valence-electron chi connectivity index (χ4n) is 2.09. The number of para-hydroxylation sites is 1. The summed E-state index contributed by atoms with van der Waals surface area (Å²) in [7, 11) is 0. The van der Waals surface area contributed by atoms with E-state index in [4.69, 9.17) is 4.52 Å². The third-order valence-corrected chi connectivity index (χ3v) is 3.15. The predicted octanol–water partition coefficient (Wildman–Crippen LogP) is 3.19. The summed E-state index contributed by atoms with van der Waals surface area (Å²) in [6.45, 7) is 4.73. The molecule has 0 atom stereocenters. The molecule has 0 bridgehead atoms. The minimum Gasteiger partial charge on any atom is -0.405 e. The number of alkyl halides is 3. The second-order valence-electron chi connectivity index (χ2n) is 5.26. The number of hydrogen-bond donors (Lipinski definition) is 2. The first kappa shape index (κ1) is 23.0. The highest BCUT2D eigenvalue weighted by Crippen LogP contribution is 2.26. The van der Waals surface area contributed by atoms with Crippen LogP contribution in [0.4, 0.5) is 13.2 Å². The second-order valence-corrected chi connectivity index (χ2v) is 5.26. The molecule has 27 heavy (non-hydrogen) atoms. The lowest BCUT2D eigenvalue weighted by Crippen LogP contribution is -2.38. The van der Waals surface area contributed by atoms with Gasteiger partial charge in [-0.05, 0) is 19.9 Å². The molecule has 0 radical (unpaired) electrons. The van der Waals surface area contributed by atoms with E-state index in [1.165, 1.54) is 18.2 Å². The summed E-state index contributed by atoms with van der Waals surface area (Å²) in [6, 6.07) is 5.91. The van der Waals surface area contributed by atoms with Gasteiger partial charge in [-0.25, -0.2) is 4.99 Å². The van der Waals surface area contributed by atoms with Gasteiger partial charge in [0.1, 0.15) is 5.75 Å². The average molecular weight is 499 g/mol. The smallest absolute Gasteiger partial charge is 0.405 e. The van der Waals surface area contributed by atoms with E-state index in [0.29, 0.717) is 42.7 Å². The number of benzene rings is 1. The summed E-state index contributed by atoms with van der Waals surface area (Å²) < 4.78 is 46.4. The molecule has 7 nitrogen and oxygen atoms in total. The van der Waals surface area contributed by atoms with Crippen molar-refractivity contribution in [3.63, 3.8) is 0 Å². The first-order valence-electron chi connectivity index (χ1n) is 8.02. The Morgan fingerprint density at radius 2 is 2.00 bits per heavy atom. The first-order valence-corrected chi connectivity index (χ1v) is 8.02. The number of halogens is 4. The number of guanidine groups is 1. The van der Waals surface area contributed by atoms with E-state index >= 15 is 0 Å². The van der Waals surface area contributed by atoms with Crippen molar-refractivity contribution >= 4 is 29.9 Å². The molecule has 0 amide bonds. The van der Waals surface area contributed by atoms with Crippen LogP contribution in [0.3, 0.4) is 0 Å². The van der Waals surface area contributed by atoms with Gasteiger partial charge in [-0.2, -0.15) is 4.98 Å². The highest BCUT2D eigenvalue weighted by Gasteiger charge is 2.31. The number of aromatic nitrogens is 2. The van der Waals surface area contributed by atoms with Crippen LogP contribution < -0.4 is 15.4 Å². The molecule has 0 spiro atoms. The van der Waals surface area contributed by atoms with Crippen molar-refractivity contribution in [1.29, 1.82) is 0 Å². The zero-order chi connectivity index (χ0) is 19.0. The lowest BCUT2D eigenvalue weighted by Gasteiger charge is -2.13. The molecule has 150 valence electrons. The Bertz CT molecular complexity index is 737. The molecule has 1 aromatic heterocycles. The van der Waals surface area contributed by atoms with Gasteiger partial charge in [-0.15, -0.1) is 37.1 Å². The highest BCUT2D eigenvalue weighted by atomic mass is 127. The summed E-state index contributed by atoms with van der Waals surface area (Å²) in [5, 5.41) is 9.79. The normalized spacial score (nSPS) is 11.7. The van der Waals surface area contributed by atoms with E-state index in [1.807, 2.05) is 6.92 Å². The lowest BCUT2D eigenvalue weighted by molar-refractivity contribution is -0.274. The largest absolute Gasteiger partial charge is 0.573 e. The third-order valence-electron chi connectivity index (χ3n) is 3.15. The maximum absolute atomic E-state index is 12.5. The maximum Gasteiger partial charge on any atom is 0.573 e. The monoisotopic (exact) mass is 499 g/mol. The van der Waals surface area contributed by atoms with E-state index in [9.17, 15) is 13.2 Å². The van der Waals surface area contributed by atoms with Gasteiger partial charge in [0, 0.05) is 25.1 Å².